The predicted octanol–water partition coefficient (Wildman–Crippen LogP) is 4.84. The summed E-state index contributed by atoms with van der Waals surface area (Å²) >= 11 is 0. The van der Waals surface area contributed by atoms with Crippen molar-refractivity contribution in [2.45, 2.75) is 70.8 Å². The molecule has 24 heavy (non-hydrogen) atoms. The van der Waals surface area contributed by atoms with Gasteiger partial charge < -0.3 is 9.84 Å². The lowest BCUT2D eigenvalue weighted by Gasteiger charge is -2.54. The molecule has 0 aromatic rings. The average molecular weight is 328 g/mol. The van der Waals surface area contributed by atoms with Gasteiger partial charge in [0.1, 0.15) is 0 Å². The average Bonchev–Trinajstić information content (AvgIpc) is 3.39. The number of methoxy groups -OCH3 is 1. The summed E-state index contributed by atoms with van der Waals surface area (Å²) in [5.41, 5.74) is 3.71. The minimum atomic E-state index is -0.0509. The molecule has 5 aliphatic carbocycles. The number of hydrogen-bond acceptors (Lipinski definition) is 2. The van der Waals surface area contributed by atoms with Crippen LogP contribution in [0.15, 0.2) is 23.0 Å². The number of rotatable bonds is 2. The zero-order valence-electron chi connectivity index (χ0n) is 15.3. The van der Waals surface area contributed by atoms with Crippen LogP contribution in [0, 0.1) is 35.0 Å². The Morgan fingerprint density at radius 2 is 2.00 bits per heavy atom. The van der Waals surface area contributed by atoms with Gasteiger partial charge in [-0.3, -0.25) is 0 Å². The maximum Gasteiger partial charge on any atom is 0.0959 e. The molecule has 6 atom stereocenters. The van der Waals surface area contributed by atoms with Gasteiger partial charge >= 0.3 is 0 Å². The molecule has 0 bridgehead atoms. The first-order chi connectivity index (χ1) is 11.6. The van der Waals surface area contributed by atoms with Crippen LogP contribution in [-0.4, -0.2) is 18.3 Å². The molecule has 5 aliphatic rings. The second-order valence-electron chi connectivity index (χ2n) is 9.52. The normalized spacial score (nSPS) is 47.6. The van der Waals surface area contributed by atoms with Gasteiger partial charge in [0, 0.05) is 6.42 Å². The van der Waals surface area contributed by atoms with Crippen molar-refractivity contribution in [3.05, 3.63) is 23.0 Å². The standard InChI is InChI=1S/C22H32O2/c1-22-10-9-17-16-6-5-15(24-2)11-14(16)12-18(13-3-4-13)21(17)19(22)7-8-20(22)23/h5,13,17-21,23H,3-4,6-12H2,1-2H3/t17-,18+,19+,20+,21+,22+/m1/s1. The first-order valence-electron chi connectivity index (χ1n) is 10.2. The minimum absolute atomic E-state index is 0.0509. The van der Waals surface area contributed by atoms with Gasteiger partial charge in [-0.05, 0) is 92.4 Å². The molecule has 0 aromatic carbocycles. The molecular weight excluding hydrogens is 296 g/mol. The van der Waals surface area contributed by atoms with Gasteiger partial charge in [-0.2, -0.15) is 0 Å². The van der Waals surface area contributed by atoms with Gasteiger partial charge in [-0.1, -0.05) is 18.1 Å². The quantitative estimate of drug-likeness (QED) is 0.735. The highest BCUT2D eigenvalue weighted by molar-refractivity contribution is 5.34. The summed E-state index contributed by atoms with van der Waals surface area (Å²) in [5, 5.41) is 10.7. The molecule has 2 nitrogen and oxygen atoms in total. The van der Waals surface area contributed by atoms with E-state index in [2.05, 4.69) is 13.0 Å². The number of hydrogen-bond donors (Lipinski definition) is 1. The van der Waals surface area contributed by atoms with Crippen LogP contribution in [-0.2, 0) is 4.74 Å². The highest BCUT2D eigenvalue weighted by atomic mass is 16.5. The summed E-state index contributed by atoms with van der Waals surface area (Å²) in [4.78, 5) is 0. The van der Waals surface area contributed by atoms with Crippen molar-refractivity contribution >= 4 is 0 Å². The maximum atomic E-state index is 10.7. The van der Waals surface area contributed by atoms with Crippen LogP contribution in [0.5, 0.6) is 0 Å². The van der Waals surface area contributed by atoms with Crippen LogP contribution in [0.25, 0.3) is 0 Å². The molecule has 3 saturated carbocycles. The number of fused-ring (bicyclic) bond motifs is 4. The van der Waals surface area contributed by atoms with E-state index in [1.165, 1.54) is 44.3 Å². The van der Waals surface area contributed by atoms with E-state index >= 15 is 0 Å². The van der Waals surface area contributed by atoms with Gasteiger partial charge in [-0.25, -0.2) is 0 Å². The van der Waals surface area contributed by atoms with E-state index in [1.54, 1.807) is 11.1 Å². The van der Waals surface area contributed by atoms with E-state index in [-0.39, 0.29) is 11.5 Å². The Morgan fingerprint density at radius 1 is 1.17 bits per heavy atom. The third kappa shape index (κ3) is 2.11. The summed E-state index contributed by atoms with van der Waals surface area (Å²) in [6.07, 6.45) is 13.6. The summed E-state index contributed by atoms with van der Waals surface area (Å²) in [6.45, 7) is 2.41. The molecule has 5 rings (SSSR count). The molecule has 3 fully saturated rings. The molecule has 2 heteroatoms. The second kappa shape index (κ2) is 5.37. The fourth-order valence-corrected chi connectivity index (χ4v) is 7.13. The maximum absolute atomic E-state index is 10.7. The topological polar surface area (TPSA) is 29.5 Å². The Balaban J connectivity index is 1.51. The van der Waals surface area contributed by atoms with Gasteiger partial charge in [0.2, 0.25) is 0 Å². The van der Waals surface area contributed by atoms with Gasteiger partial charge in [0.25, 0.3) is 0 Å². The molecule has 0 unspecified atom stereocenters. The largest absolute Gasteiger partial charge is 0.501 e. The molecule has 0 radical (unpaired) electrons. The van der Waals surface area contributed by atoms with Crippen molar-refractivity contribution in [3.8, 4) is 0 Å². The highest BCUT2D eigenvalue weighted by Gasteiger charge is 2.58. The van der Waals surface area contributed by atoms with E-state index in [0.717, 1.165) is 48.9 Å². The van der Waals surface area contributed by atoms with Crippen molar-refractivity contribution in [2.75, 3.05) is 7.11 Å². The van der Waals surface area contributed by atoms with Crippen LogP contribution in [0.3, 0.4) is 0 Å². The van der Waals surface area contributed by atoms with Gasteiger partial charge in [0.05, 0.1) is 19.0 Å². The highest BCUT2D eigenvalue weighted by Crippen LogP contribution is 2.65. The van der Waals surface area contributed by atoms with Crippen LogP contribution < -0.4 is 0 Å². The van der Waals surface area contributed by atoms with E-state index in [1.807, 2.05) is 7.11 Å². The molecular formula is C22H32O2. The van der Waals surface area contributed by atoms with Gasteiger partial charge in [-0.15, -0.1) is 0 Å². The van der Waals surface area contributed by atoms with Crippen molar-refractivity contribution in [2.24, 2.45) is 35.0 Å². The third-order valence-corrected chi connectivity index (χ3v) is 8.59. The van der Waals surface area contributed by atoms with Crippen molar-refractivity contribution in [3.63, 3.8) is 0 Å². The molecule has 0 amide bonds. The SMILES string of the molecule is COC1=CCC2=C(C1)C[C@@H](C1CC1)[C@@H]1[C@@H]2CC[C@]2(C)[C@@H](O)CC[C@@H]12. The zero-order valence-corrected chi connectivity index (χ0v) is 15.3. The molecule has 0 saturated heterocycles. The van der Waals surface area contributed by atoms with E-state index in [0.29, 0.717) is 0 Å². The van der Waals surface area contributed by atoms with E-state index in [9.17, 15) is 5.11 Å². The Kier molecular flexibility index (Phi) is 3.46. The smallest absolute Gasteiger partial charge is 0.0959 e. The van der Waals surface area contributed by atoms with Crippen LogP contribution in [0.4, 0.5) is 0 Å². The molecule has 132 valence electrons. The number of ether oxygens (including phenoxy) is 1. The summed E-state index contributed by atoms with van der Waals surface area (Å²) in [6, 6.07) is 0. The number of allylic oxidation sites excluding steroid dienone is 3. The van der Waals surface area contributed by atoms with Crippen molar-refractivity contribution < 1.29 is 9.84 Å². The summed E-state index contributed by atoms with van der Waals surface area (Å²) in [5.74, 6) is 5.47. The third-order valence-electron chi connectivity index (χ3n) is 8.59. The number of aliphatic hydroxyl groups excluding tert-OH is 1. The molecule has 0 spiro atoms. The van der Waals surface area contributed by atoms with Crippen molar-refractivity contribution in [1.82, 2.24) is 0 Å². The van der Waals surface area contributed by atoms with E-state index in [4.69, 9.17) is 4.74 Å². The lowest BCUT2D eigenvalue weighted by Crippen LogP contribution is -2.48. The van der Waals surface area contributed by atoms with Crippen LogP contribution >= 0.6 is 0 Å². The fraction of sp³-hybridized carbons (Fsp3) is 0.818. The lowest BCUT2D eigenvalue weighted by atomic mass is 9.51. The summed E-state index contributed by atoms with van der Waals surface area (Å²) < 4.78 is 5.58. The lowest BCUT2D eigenvalue weighted by molar-refractivity contribution is -0.0515. The Bertz CT molecular complexity index is 599. The van der Waals surface area contributed by atoms with Crippen LogP contribution in [0.2, 0.25) is 0 Å². The molecule has 0 aliphatic heterocycles. The predicted molar refractivity (Wildman–Crippen MR) is 95.2 cm³/mol. The van der Waals surface area contributed by atoms with Gasteiger partial charge in [0.15, 0.2) is 0 Å². The Hall–Kier alpha value is -0.760. The molecule has 1 N–H and O–H groups in total. The monoisotopic (exact) mass is 328 g/mol. The molecule has 0 heterocycles. The van der Waals surface area contributed by atoms with Crippen molar-refractivity contribution in [1.29, 1.82) is 0 Å². The van der Waals surface area contributed by atoms with Crippen LogP contribution in [0.1, 0.15) is 64.7 Å². The first-order valence-corrected chi connectivity index (χ1v) is 10.2. The summed E-state index contributed by atoms with van der Waals surface area (Å²) in [7, 11) is 1.83. The number of aliphatic hydroxyl groups is 1. The molecule has 0 aromatic heterocycles. The second-order valence-corrected chi connectivity index (χ2v) is 9.52. The van der Waals surface area contributed by atoms with E-state index < -0.39 is 0 Å². The Labute approximate surface area is 146 Å². The minimum Gasteiger partial charge on any atom is -0.501 e. The first kappa shape index (κ1) is 15.5. The zero-order chi connectivity index (χ0) is 16.5. The Morgan fingerprint density at radius 3 is 2.75 bits per heavy atom. The fourth-order valence-electron chi connectivity index (χ4n) is 7.13.